The van der Waals surface area contributed by atoms with Crippen LogP contribution in [0.5, 0.6) is 0 Å². The topological polar surface area (TPSA) is 8.17 Å². The van der Waals surface area contributed by atoms with E-state index in [0.29, 0.717) is 0 Å². The van der Waals surface area contributed by atoms with Crippen molar-refractivity contribution in [2.24, 2.45) is 0 Å². The zero-order valence-corrected chi connectivity index (χ0v) is 33.5. The largest absolute Gasteiger partial charge is 0.309 e. The molecule has 1 unspecified atom stereocenters. The molecule has 0 saturated carbocycles. The molecule has 10 aromatic rings. The molecule has 1 atom stereocenters. The van der Waals surface area contributed by atoms with E-state index in [4.69, 9.17) is 0 Å². The van der Waals surface area contributed by atoms with Crippen molar-refractivity contribution in [2.45, 2.75) is 24.7 Å². The van der Waals surface area contributed by atoms with Gasteiger partial charge in [0.25, 0.3) is 0 Å². The Balaban J connectivity index is 1.06. The maximum Gasteiger partial charge on any atom is 0.0754 e. The molecule has 0 N–H and O–H groups in total. The number of hydrogen-bond acceptors (Lipinski definition) is 1. The van der Waals surface area contributed by atoms with Crippen LogP contribution in [0.25, 0.3) is 60.9 Å². The average molecular weight is 765 g/mol. The standard InChI is InChI=1S/C58H40N2/c1-57(2)45-25-10-7-23-43(45)55-49(57)28-17-33-54(55)59(38-18-4-3-5-19-38)51-30-13-8-20-39(51)37-34-35-47-44(36-37)40-21-6-11-26-46(40)58(47)48-27-12-15-32-53(48)60-52-31-14-9-22-41(52)42-24-16-29-50(58)56(42)60/h3-36H,1-2H3. The normalized spacial score (nSPS) is 16.0. The van der Waals surface area contributed by atoms with Gasteiger partial charge >= 0.3 is 0 Å². The maximum atomic E-state index is 2.52. The Hall–Kier alpha value is -7.42. The smallest absolute Gasteiger partial charge is 0.0754 e. The fourth-order valence-electron chi connectivity index (χ4n) is 11.6. The summed E-state index contributed by atoms with van der Waals surface area (Å²) in [5.41, 5.74) is 22.3. The number of benzene rings is 9. The van der Waals surface area contributed by atoms with Gasteiger partial charge in [-0.25, -0.2) is 0 Å². The lowest BCUT2D eigenvalue weighted by molar-refractivity contribution is 0.660. The molecule has 0 amide bonds. The number of nitrogens with zero attached hydrogens (tertiary/aromatic N) is 2. The molecule has 2 heteroatoms. The van der Waals surface area contributed by atoms with Crippen LogP contribution in [-0.2, 0) is 10.8 Å². The van der Waals surface area contributed by atoms with Gasteiger partial charge in [-0.1, -0.05) is 178 Å². The van der Waals surface area contributed by atoms with Crippen molar-refractivity contribution in [3.63, 3.8) is 0 Å². The number of rotatable bonds is 4. The first kappa shape index (κ1) is 33.5. The first-order valence-corrected chi connectivity index (χ1v) is 21.1. The van der Waals surface area contributed by atoms with Crippen molar-refractivity contribution in [1.82, 2.24) is 4.57 Å². The van der Waals surface area contributed by atoms with E-state index in [-0.39, 0.29) is 5.41 Å². The number of hydrogen-bond donors (Lipinski definition) is 0. The monoisotopic (exact) mass is 764 g/mol. The fraction of sp³-hybridized carbons (Fsp3) is 0.0690. The first-order valence-electron chi connectivity index (χ1n) is 21.1. The minimum absolute atomic E-state index is 0.108. The molecule has 282 valence electrons. The third-order valence-electron chi connectivity index (χ3n) is 14.0. The van der Waals surface area contributed by atoms with Crippen molar-refractivity contribution >= 4 is 38.9 Å². The van der Waals surface area contributed by atoms with Crippen molar-refractivity contribution in [3.05, 3.63) is 240 Å². The van der Waals surface area contributed by atoms with Crippen LogP contribution in [0.15, 0.2) is 206 Å². The zero-order valence-electron chi connectivity index (χ0n) is 33.5. The van der Waals surface area contributed by atoms with Gasteiger partial charge in [0.2, 0.25) is 0 Å². The minimum Gasteiger partial charge on any atom is -0.309 e. The van der Waals surface area contributed by atoms with E-state index < -0.39 is 5.41 Å². The molecule has 2 aliphatic carbocycles. The van der Waals surface area contributed by atoms with Crippen LogP contribution in [0, 0.1) is 0 Å². The molecule has 9 aromatic carbocycles. The van der Waals surface area contributed by atoms with Crippen LogP contribution in [0.4, 0.5) is 17.1 Å². The molecule has 1 spiro atoms. The highest BCUT2D eigenvalue weighted by Crippen LogP contribution is 2.62. The lowest BCUT2D eigenvalue weighted by Gasteiger charge is -2.39. The van der Waals surface area contributed by atoms with Crippen molar-refractivity contribution in [2.75, 3.05) is 4.90 Å². The fourth-order valence-corrected chi connectivity index (χ4v) is 11.6. The summed E-state index contributed by atoms with van der Waals surface area (Å²) in [6.07, 6.45) is 0. The predicted octanol–water partition coefficient (Wildman–Crippen LogP) is 14.9. The van der Waals surface area contributed by atoms with Gasteiger partial charge in [0.15, 0.2) is 0 Å². The first-order chi connectivity index (χ1) is 29.6. The molecule has 3 aliphatic rings. The highest BCUT2D eigenvalue weighted by molar-refractivity contribution is 6.13. The number of para-hydroxylation sites is 5. The second-order valence-corrected chi connectivity index (χ2v) is 17.2. The van der Waals surface area contributed by atoms with Crippen LogP contribution < -0.4 is 4.90 Å². The highest BCUT2D eigenvalue weighted by atomic mass is 15.1. The Kier molecular flexibility index (Phi) is 6.74. The second kappa shape index (κ2) is 12.1. The Bertz CT molecular complexity index is 3420. The highest BCUT2D eigenvalue weighted by Gasteiger charge is 2.51. The van der Waals surface area contributed by atoms with Gasteiger partial charge in [0.1, 0.15) is 0 Å². The van der Waals surface area contributed by atoms with Gasteiger partial charge in [-0.2, -0.15) is 0 Å². The summed E-state index contributed by atoms with van der Waals surface area (Å²) in [6, 6.07) is 77.2. The number of anilines is 3. The van der Waals surface area contributed by atoms with Crippen LogP contribution in [0.3, 0.4) is 0 Å². The van der Waals surface area contributed by atoms with Crippen LogP contribution in [0.2, 0.25) is 0 Å². The molecule has 2 nitrogen and oxygen atoms in total. The molecular formula is C58H40N2. The lowest BCUT2D eigenvalue weighted by atomic mass is 9.65. The van der Waals surface area contributed by atoms with E-state index in [1.807, 2.05) is 0 Å². The summed E-state index contributed by atoms with van der Waals surface area (Å²) in [5, 5.41) is 2.59. The van der Waals surface area contributed by atoms with Gasteiger partial charge in [-0.05, 0) is 98.1 Å². The Morgan fingerprint density at radius 2 is 1.00 bits per heavy atom. The third-order valence-corrected chi connectivity index (χ3v) is 14.0. The maximum absolute atomic E-state index is 2.52. The van der Waals surface area contributed by atoms with Crippen molar-refractivity contribution < 1.29 is 0 Å². The van der Waals surface area contributed by atoms with E-state index in [0.717, 1.165) is 11.4 Å². The number of fused-ring (bicyclic) bond motifs is 15. The van der Waals surface area contributed by atoms with Gasteiger partial charge < -0.3 is 9.47 Å². The van der Waals surface area contributed by atoms with E-state index in [9.17, 15) is 0 Å². The van der Waals surface area contributed by atoms with E-state index in [1.54, 1.807) is 0 Å². The van der Waals surface area contributed by atoms with Crippen molar-refractivity contribution in [3.8, 4) is 39.1 Å². The van der Waals surface area contributed by atoms with Crippen LogP contribution in [0.1, 0.15) is 47.2 Å². The van der Waals surface area contributed by atoms with Crippen LogP contribution in [-0.4, -0.2) is 4.57 Å². The van der Waals surface area contributed by atoms with Crippen LogP contribution >= 0.6 is 0 Å². The summed E-state index contributed by atoms with van der Waals surface area (Å²) >= 11 is 0. The Morgan fingerprint density at radius 1 is 0.400 bits per heavy atom. The molecule has 1 aromatic heterocycles. The second-order valence-electron chi connectivity index (χ2n) is 17.2. The molecule has 2 heterocycles. The number of aromatic nitrogens is 1. The molecule has 0 saturated heterocycles. The quantitative estimate of drug-likeness (QED) is 0.173. The summed E-state index contributed by atoms with van der Waals surface area (Å²) < 4.78 is 2.52. The predicted molar refractivity (Wildman–Crippen MR) is 249 cm³/mol. The molecular weight excluding hydrogens is 725 g/mol. The van der Waals surface area contributed by atoms with E-state index >= 15 is 0 Å². The molecule has 0 bridgehead atoms. The summed E-state index contributed by atoms with van der Waals surface area (Å²) in [5.74, 6) is 0. The molecule has 0 fully saturated rings. The van der Waals surface area contributed by atoms with E-state index in [1.165, 1.54) is 99.9 Å². The van der Waals surface area contributed by atoms with E-state index in [2.05, 4.69) is 230 Å². The molecule has 60 heavy (non-hydrogen) atoms. The van der Waals surface area contributed by atoms with Gasteiger partial charge in [0, 0.05) is 33.0 Å². The molecule has 13 rings (SSSR count). The SMILES string of the molecule is CC1(C)c2ccccc2-c2c(N(c3ccccc3)c3ccccc3-c3ccc4c(c3)-c3ccccc3C43c4ccccc4-n4c5ccccc5c5cccc3c54)cccc21. The average Bonchev–Trinajstić information content (AvgIpc) is 3.88. The van der Waals surface area contributed by atoms with Crippen molar-refractivity contribution in [1.29, 1.82) is 0 Å². The third kappa shape index (κ3) is 4.17. The van der Waals surface area contributed by atoms with Gasteiger partial charge in [0.05, 0.1) is 33.5 Å². The van der Waals surface area contributed by atoms with Gasteiger partial charge in [-0.3, -0.25) is 0 Å². The summed E-state index contributed by atoms with van der Waals surface area (Å²) in [6.45, 7) is 4.73. The molecule has 1 aliphatic heterocycles. The Labute approximate surface area is 350 Å². The molecule has 0 radical (unpaired) electrons. The lowest BCUT2D eigenvalue weighted by Crippen LogP contribution is -2.33. The minimum atomic E-state index is -0.481. The zero-order chi connectivity index (χ0) is 39.7. The van der Waals surface area contributed by atoms with Gasteiger partial charge in [-0.15, -0.1) is 0 Å². The summed E-state index contributed by atoms with van der Waals surface area (Å²) in [7, 11) is 0. The summed E-state index contributed by atoms with van der Waals surface area (Å²) in [4.78, 5) is 2.49. The Morgan fingerprint density at radius 3 is 1.87 bits per heavy atom.